The van der Waals surface area contributed by atoms with E-state index in [1.165, 1.54) is 12.3 Å². The molecule has 0 N–H and O–H groups in total. The van der Waals surface area contributed by atoms with Gasteiger partial charge in [0.1, 0.15) is 11.4 Å². The summed E-state index contributed by atoms with van der Waals surface area (Å²) in [5.41, 5.74) is 2.94. The fourth-order valence-electron chi connectivity index (χ4n) is 4.55. The van der Waals surface area contributed by atoms with Crippen LogP contribution in [0, 0.1) is 0 Å². The van der Waals surface area contributed by atoms with E-state index in [4.69, 9.17) is 23.2 Å². The van der Waals surface area contributed by atoms with Crippen LogP contribution in [0.4, 0.5) is 8.78 Å². The van der Waals surface area contributed by atoms with Gasteiger partial charge in [0, 0.05) is 30.1 Å². The summed E-state index contributed by atoms with van der Waals surface area (Å²) in [5.74, 6) is -0.477. The average molecular weight is 536 g/mol. The SMILES string of the molecule is C[C@@H]1Cc2nn3c(c2CN1C(=O)c1ccc(Cl)c(Cl)c1)C(=O)N(Cc1ccc(OC(F)F)cn1)CC3. The van der Waals surface area contributed by atoms with Gasteiger partial charge in [0.25, 0.3) is 11.8 Å². The number of hydrogen-bond acceptors (Lipinski definition) is 5. The lowest BCUT2D eigenvalue weighted by Gasteiger charge is -2.34. The highest BCUT2D eigenvalue weighted by Crippen LogP contribution is 2.31. The van der Waals surface area contributed by atoms with Gasteiger partial charge in [0.05, 0.1) is 47.3 Å². The summed E-state index contributed by atoms with van der Waals surface area (Å²) in [6.07, 6.45) is 1.72. The normalized spacial score (nSPS) is 17.3. The zero-order valence-corrected chi connectivity index (χ0v) is 20.6. The van der Waals surface area contributed by atoms with Gasteiger partial charge in [-0.3, -0.25) is 19.3 Å². The number of ether oxygens (including phenoxy) is 1. The molecule has 0 unspecified atom stereocenters. The van der Waals surface area contributed by atoms with E-state index in [0.29, 0.717) is 46.5 Å². The molecule has 5 rings (SSSR count). The molecule has 12 heteroatoms. The number of benzene rings is 1. The van der Waals surface area contributed by atoms with Gasteiger partial charge in [-0.15, -0.1) is 0 Å². The Morgan fingerprint density at radius 2 is 2.00 bits per heavy atom. The minimum atomic E-state index is -2.93. The third-order valence-corrected chi connectivity index (χ3v) is 7.10. The molecule has 3 aromatic rings. The number of carbonyl (C=O) groups is 2. The lowest BCUT2D eigenvalue weighted by Crippen LogP contribution is -2.44. The summed E-state index contributed by atoms with van der Waals surface area (Å²) in [6.45, 7) is 0.371. The average Bonchev–Trinajstić information content (AvgIpc) is 3.20. The molecule has 4 heterocycles. The highest BCUT2D eigenvalue weighted by Gasteiger charge is 2.37. The van der Waals surface area contributed by atoms with Gasteiger partial charge in [-0.2, -0.15) is 13.9 Å². The number of fused-ring (bicyclic) bond motifs is 3. The van der Waals surface area contributed by atoms with Gasteiger partial charge in [0.15, 0.2) is 0 Å². The lowest BCUT2D eigenvalue weighted by atomic mass is 9.97. The van der Waals surface area contributed by atoms with Crippen LogP contribution in [0.5, 0.6) is 5.75 Å². The summed E-state index contributed by atoms with van der Waals surface area (Å²) in [7, 11) is 0. The van der Waals surface area contributed by atoms with Gasteiger partial charge >= 0.3 is 6.61 Å². The highest BCUT2D eigenvalue weighted by atomic mass is 35.5. The molecule has 0 aliphatic carbocycles. The van der Waals surface area contributed by atoms with Crippen molar-refractivity contribution in [3.63, 3.8) is 0 Å². The molecule has 2 amide bonds. The summed E-state index contributed by atoms with van der Waals surface area (Å²) < 4.78 is 30.8. The maximum Gasteiger partial charge on any atom is 0.387 e. The minimum absolute atomic E-state index is 0.0493. The molecular weight excluding hydrogens is 515 g/mol. The molecule has 0 radical (unpaired) electrons. The first-order chi connectivity index (χ1) is 17.2. The van der Waals surface area contributed by atoms with Crippen molar-refractivity contribution in [1.82, 2.24) is 24.6 Å². The fourth-order valence-corrected chi connectivity index (χ4v) is 4.85. The first-order valence-electron chi connectivity index (χ1n) is 11.2. The molecule has 8 nitrogen and oxygen atoms in total. The van der Waals surface area contributed by atoms with Gasteiger partial charge in [-0.25, -0.2) is 0 Å². The third-order valence-electron chi connectivity index (χ3n) is 6.36. The maximum atomic E-state index is 13.5. The van der Waals surface area contributed by atoms with E-state index in [-0.39, 0.29) is 36.7 Å². The van der Waals surface area contributed by atoms with Crippen molar-refractivity contribution in [3.8, 4) is 5.75 Å². The molecule has 0 saturated carbocycles. The van der Waals surface area contributed by atoms with Crippen molar-refractivity contribution < 1.29 is 23.1 Å². The molecular formula is C24H21Cl2F2N5O3. The van der Waals surface area contributed by atoms with Crippen LogP contribution in [0.3, 0.4) is 0 Å². The van der Waals surface area contributed by atoms with E-state index in [9.17, 15) is 18.4 Å². The highest BCUT2D eigenvalue weighted by molar-refractivity contribution is 6.42. The lowest BCUT2D eigenvalue weighted by molar-refractivity contribution is -0.0501. The second-order valence-electron chi connectivity index (χ2n) is 8.70. The number of alkyl halides is 2. The maximum absolute atomic E-state index is 13.5. The zero-order valence-electron chi connectivity index (χ0n) is 19.1. The van der Waals surface area contributed by atoms with Gasteiger partial charge in [0.2, 0.25) is 0 Å². The van der Waals surface area contributed by atoms with Crippen LogP contribution in [-0.4, -0.2) is 55.6 Å². The molecule has 0 spiro atoms. The Kier molecular flexibility index (Phi) is 6.57. The molecule has 0 saturated heterocycles. The first-order valence-corrected chi connectivity index (χ1v) is 12.0. The van der Waals surface area contributed by atoms with E-state index in [2.05, 4.69) is 14.8 Å². The largest absolute Gasteiger partial charge is 0.433 e. The van der Waals surface area contributed by atoms with Crippen LogP contribution >= 0.6 is 23.2 Å². The number of pyridine rings is 1. The van der Waals surface area contributed by atoms with E-state index >= 15 is 0 Å². The number of halogens is 4. The van der Waals surface area contributed by atoms with Crippen LogP contribution < -0.4 is 4.74 Å². The molecule has 1 atom stereocenters. The Bertz CT molecular complexity index is 1330. The van der Waals surface area contributed by atoms with Crippen molar-refractivity contribution in [2.45, 2.75) is 45.6 Å². The van der Waals surface area contributed by atoms with Gasteiger partial charge < -0.3 is 14.5 Å². The summed E-state index contributed by atoms with van der Waals surface area (Å²) in [4.78, 5) is 34.2. The Morgan fingerprint density at radius 3 is 2.69 bits per heavy atom. The standard InChI is InChI=1S/C24H21Cl2F2N5O3/c1-13-8-20-17(12-32(13)22(34)14-2-5-18(25)19(26)9-14)21-23(35)31(6-7-33(21)30-20)11-15-3-4-16(10-29-15)36-24(27)28/h2-5,9-10,13,24H,6-8,11-12H2,1H3/t13-/m1/s1. The molecule has 36 heavy (non-hydrogen) atoms. The molecule has 0 fully saturated rings. The summed E-state index contributed by atoms with van der Waals surface area (Å²) >= 11 is 12.1. The Labute approximate surface area is 215 Å². The predicted molar refractivity (Wildman–Crippen MR) is 127 cm³/mol. The third kappa shape index (κ3) is 4.62. The van der Waals surface area contributed by atoms with E-state index in [1.54, 1.807) is 38.7 Å². The van der Waals surface area contributed by atoms with E-state index in [1.807, 2.05) is 6.92 Å². The van der Waals surface area contributed by atoms with Crippen LogP contribution in [-0.2, 0) is 26.1 Å². The minimum Gasteiger partial charge on any atom is -0.433 e. The number of aromatic nitrogens is 3. The monoisotopic (exact) mass is 535 g/mol. The van der Waals surface area contributed by atoms with Crippen molar-refractivity contribution in [3.05, 3.63) is 74.8 Å². The van der Waals surface area contributed by atoms with Crippen molar-refractivity contribution >= 4 is 35.0 Å². The number of hydrogen-bond donors (Lipinski definition) is 0. The van der Waals surface area contributed by atoms with Gasteiger partial charge in [-0.1, -0.05) is 23.2 Å². The molecule has 0 bridgehead atoms. The smallest absolute Gasteiger partial charge is 0.387 e. The van der Waals surface area contributed by atoms with Gasteiger partial charge in [-0.05, 0) is 37.3 Å². The number of nitrogens with zero attached hydrogens (tertiary/aromatic N) is 5. The molecule has 188 valence electrons. The van der Waals surface area contributed by atoms with Crippen molar-refractivity contribution in [2.75, 3.05) is 6.54 Å². The molecule has 2 aromatic heterocycles. The quantitative estimate of drug-likeness (QED) is 0.482. The fraction of sp³-hybridized carbons (Fsp3) is 0.333. The zero-order chi connectivity index (χ0) is 25.6. The Balaban J connectivity index is 1.36. The Hall–Kier alpha value is -3.24. The number of rotatable bonds is 5. The first kappa shape index (κ1) is 24.5. The molecule has 2 aliphatic heterocycles. The number of carbonyl (C=O) groups excluding carboxylic acids is 2. The topological polar surface area (TPSA) is 80.6 Å². The van der Waals surface area contributed by atoms with Crippen LogP contribution in [0.25, 0.3) is 0 Å². The van der Waals surface area contributed by atoms with Crippen LogP contribution in [0.1, 0.15) is 44.7 Å². The van der Waals surface area contributed by atoms with E-state index < -0.39 is 6.61 Å². The van der Waals surface area contributed by atoms with Crippen LogP contribution in [0.15, 0.2) is 36.5 Å². The second kappa shape index (κ2) is 9.67. The summed E-state index contributed by atoms with van der Waals surface area (Å²) in [6, 6.07) is 7.57. The van der Waals surface area contributed by atoms with Crippen LogP contribution in [0.2, 0.25) is 10.0 Å². The van der Waals surface area contributed by atoms with E-state index in [0.717, 1.165) is 11.3 Å². The van der Waals surface area contributed by atoms with Crippen molar-refractivity contribution in [2.24, 2.45) is 0 Å². The summed E-state index contributed by atoms with van der Waals surface area (Å²) in [5, 5.41) is 5.31. The predicted octanol–water partition coefficient (Wildman–Crippen LogP) is 4.43. The van der Waals surface area contributed by atoms with Crippen molar-refractivity contribution in [1.29, 1.82) is 0 Å². The Morgan fingerprint density at radius 1 is 1.19 bits per heavy atom. The molecule has 1 aromatic carbocycles. The number of amides is 2. The second-order valence-corrected chi connectivity index (χ2v) is 9.52. The molecule has 2 aliphatic rings.